The molecule has 1 amide bonds. The summed E-state index contributed by atoms with van der Waals surface area (Å²) in [6, 6.07) is -0.167. The topological polar surface area (TPSA) is 55.1 Å². The van der Waals surface area contributed by atoms with Crippen molar-refractivity contribution in [3.05, 3.63) is 12.7 Å². The van der Waals surface area contributed by atoms with Crippen molar-refractivity contribution < 1.29 is 4.79 Å². The first-order valence-corrected chi connectivity index (χ1v) is 5.64. The lowest BCUT2D eigenvalue weighted by atomic mass is 9.87. The van der Waals surface area contributed by atoms with Crippen LogP contribution in [0.2, 0.25) is 0 Å². The summed E-state index contributed by atoms with van der Waals surface area (Å²) in [5.41, 5.74) is 5.92. The van der Waals surface area contributed by atoms with Crippen LogP contribution in [0.4, 0.5) is 0 Å². The first-order chi connectivity index (χ1) is 6.97. The molecule has 0 spiro atoms. The molecular formula is C12H22N2O. The number of hydrogen-bond donors (Lipinski definition) is 2. The largest absolute Gasteiger partial charge is 0.351 e. The van der Waals surface area contributed by atoms with Gasteiger partial charge in [0.2, 0.25) is 5.91 Å². The highest BCUT2D eigenvalue weighted by molar-refractivity contribution is 5.82. The van der Waals surface area contributed by atoms with Crippen LogP contribution in [0.5, 0.6) is 0 Å². The lowest BCUT2D eigenvalue weighted by Gasteiger charge is -2.28. The Bertz CT molecular complexity index is 248. The Morgan fingerprint density at radius 3 is 2.87 bits per heavy atom. The summed E-state index contributed by atoms with van der Waals surface area (Å²) in [6.45, 7) is 7.98. The van der Waals surface area contributed by atoms with Crippen LogP contribution in [0.25, 0.3) is 0 Å². The first kappa shape index (κ1) is 12.2. The third kappa shape index (κ3) is 3.06. The van der Waals surface area contributed by atoms with Crippen LogP contribution < -0.4 is 11.1 Å². The summed E-state index contributed by atoms with van der Waals surface area (Å²) in [5, 5.41) is 3.04. The number of rotatable bonds is 4. The van der Waals surface area contributed by atoms with Crippen LogP contribution >= 0.6 is 0 Å². The van der Waals surface area contributed by atoms with Crippen LogP contribution in [-0.4, -0.2) is 18.0 Å². The molecule has 0 aromatic carbocycles. The summed E-state index contributed by atoms with van der Waals surface area (Å²) in [6.07, 6.45) is 5.66. The average Bonchev–Trinajstić information content (AvgIpc) is 2.46. The Morgan fingerprint density at radius 1 is 1.73 bits per heavy atom. The molecule has 1 fully saturated rings. The Labute approximate surface area is 92.1 Å². The highest BCUT2D eigenvalue weighted by atomic mass is 16.2. The van der Waals surface area contributed by atoms with Gasteiger partial charge in [-0.15, -0.1) is 6.58 Å². The fraction of sp³-hybridized carbons (Fsp3) is 0.750. The van der Waals surface area contributed by atoms with Crippen LogP contribution in [0.3, 0.4) is 0 Å². The SMILES string of the molecule is C=CCC(N)C(=O)NC1CCCC1(C)C. The van der Waals surface area contributed by atoms with Gasteiger partial charge in [0, 0.05) is 6.04 Å². The van der Waals surface area contributed by atoms with Gasteiger partial charge in [0.15, 0.2) is 0 Å². The molecule has 86 valence electrons. The van der Waals surface area contributed by atoms with E-state index in [-0.39, 0.29) is 17.4 Å². The molecule has 1 aliphatic carbocycles. The van der Waals surface area contributed by atoms with Gasteiger partial charge in [-0.05, 0) is 24.7 Å². The third-order valence-electron chi connectivity index (χ3n) is 3.33. The van der Waals surface area contributed by atoms with Gasteiger partial charge in [-0.1, -0.05) is 26.3 Å². The lowest BCUT2D eigenvalue weighted by Crippen LogP contribution is -2.48. The summed E-state index contributed by atoms with van der Waals surface area (Å²) in [7, 11) is 0. The maximum atomic E-state index is 11.7. The van der Waals surface area contributed by atoms with Crippen LogP contribution in [0.15, 0.2) is 12.7 Å². The second-order valence-electron chi connectivity index (χ2n) is 5.07. The van der Waals surface area contributed by atoms with E-state index in [1.165, 1.54) is 12.8 Å². The predicted molar refractivity (Wildman–Crippen MR) is 62.4 cm³/mol. The van der Waals surface area contributed by atoms with E-state index in [1.807, 2.05) is 0 Å². The van der Waals surface area contributed by atoms with E-state index in [1.54, 1.807) is 6.08 Å². The van der Waals surface area contributed by atoms with Crippen molar-refractivity contribution in [3.63, 3.8) is 0 Å². The number of nitrogens with two attached hydrogens (primary N) is 1. The van der Waals surface area contributed by atoms with Crippen molar-refractivity contribution in [1.29, 1.82) is 0 Å². The molecular weight excluding hydrogens is 188 g/mol. The minimum absolute atomic E-state index is 0.0464. The van der Waals surface area contributed by atoms with E-state index in [4.69, 9.17) is 5.73 Å². The normalized spacial score (nSPS) is 25.9. The Kier molecular flexibility index (Phi) is 3.91. The molecule has 1 saturated carbocycles. The van der Waals surface area contributed by atoms with E-state index in [0.717, 1.165) is 6.42 Å². The fourth-order valence-corrected chi connectivity index (χ4v) is 2.16. The highest BCUT2D eigenvalue weighted by Gasteiger charge is 2.35. The summed E-state index contributed by atoms with van der Waals surface area (Å²) < 4.78 is 0. The van der Waals surface area contributed by atoms with Gasteiger partial charge in [0.1, 0.15) is 0 Å². The monoisotopic (exact) mass is 210 g/mol. The molecule has 3 N–H and O–H groups in total. The van der Waals surface area contributed by atoms with Gasteiger partial charge >= 0.3 is 0 Å². The molecule has 1 rings (SSSR count). The zero-order valence-electron chi connectivity index (χ0n) is 9.75. The van der Waals surface area contributed by atoms with Gasteiger partial charge < -0.3 is 11.1 Å². The molecule has 1 aliphatic rings. The lowest BCUT2D eigenvalue weighted by molar-refractivity contribution is -0.123. The molecule has 0 heterocycles. The number of carbonyl (C=O) groups is 1. The number of carbonyl (C=O) groups excluding carboxylic acids is 1. The molecule has 0 bridgehead atoms. The Hall–Kier alpha value is -0.830. The van der Waals surface area contributed by atoms with Gasteiger partial charge in [-0.2, -0.15) is 0 Å². The molecule has 0 aliphatic heterocycles. The third-order valence-corrected chi connectivity index (χ3v) is 3.33. The van der Waals surface area contributed by atoms with Crippen LogP contribution in [-0.2, 0) is 4.79 Å². The second kappa shape index (κ2) is 4.79. The minimum Gasteiger partial charge on any atom is -0.351 e. The molecule has 2 atom stereocenters. The number of nitrogens with one attached hydrogen (secondary N) is 1. The summed E-state index contributed by atoms with van der Waals surface area (Å²) in [5.74, 6) is -0.0464. The van der Waals surface area contributed by atoms with E-state index < -0.39 is 6.04 Å². The molecule has 0 radical (unpaired) electrons. The number of hydrogen-bond acceptors (Lipinski definition) is 2. The maximum absolute atomic E-state index is 11.7. The molecule has 3 nitrogen and oxygen atoms in total. The molecule has 3 heteroatoms. The van der Waals surface area contributed by atoms with E-state index in [0.29, 0.717) is 6.42 Å². The van der Waals surface area contributed by atoms with Gasteiger partial charge in [0.25, 0.3) is 0 Å². The molecule has 15 heavy (non-hydrogen) atoms. The van der Waals surface area contributed by atoms with Crippen molar-refractivity contribution in [3.8, 4) is 0 Å². The quantitative estimate of drug-likeness (QED) is 0.692. The summed E-state index contributed by atoms with van der Waals surface area (Å²) in [4.78, 5) is 11.7. The van der Waals surface area contributed by atoms with Gasteiger partial charge in [-0.3, -0.25) is 4.79 Å². The zero-order chi connectivity index (χ0) is 11.5. The summed E-state index contributed by atoms with van der Waals surface area (Å²) >= 11 is 0. The smallest absolute Gasteiger partial charge is 0.237 e. The van der Waals surface area contributed by atoms with Crippen LogP contribution in [0, 0.1) is 5.41 Å². The first-order valence-electron chi connectivity index (χ1n) is 5.64. The van der Waals surface area contributed by atoms with E-state index in [9.17, 15) is 4.79 Å². The van der Waals surface area contributed by atoms with Gasteiger partial charge in [-0.25, -0.2) is 0 Å². The predicted octanol–water partition coefficient (Wildman–Crippen LogP) is 1.58. The maximum Gasteiger partial charge on any atom is 0.237 e. The van der Waals surface area contributed by atoms with Crippen molar-refractivity contribution >= 4 is 5.91 Å². The van der Waals surface area contributed by atoms with E-state index in [2.05, 4.69) is 25.7 Å². The van der Waals surface area contributed by atoms with Crippen LogP contribution in [0.1, 0.15) is 39.5 Å². The average molecular weight is 210 g/mol. The van der Waals surface area contributed by atoms with Crippen molar-refractivity contribution in [2.45, 2.75) is 51.6 Å². The van der Waals surface area contributed by atoms with Gasteiger partial charge in [0.05, 0.1) is 6.04 Å². The standard InChI is InChI=1S/C12H22N2O/c1-4-6-9(13)11(15)14-10-7-5-8-12(10,2)3/h4,9-10H,1,5-8,13H2,2-3H3,(H,14,15). The minimum atomic E-state index is -0.445. The van der Waals surface area contributed by atoms with Crippen molar-refractivity contribution in [2.75, 3.05) is 0 Å². The number of amides is 1. The highest BCUT2D eigenvalue weighted by Crippen LogP contribution is 2.37. The molecule has 0 aromatic heterocycles. The molecule has 0 aromatic rings. The Balaban J connectivity index is 2.47. The van der Waals surface area contributed by atoms with Crippen molar-refractivity contribution in [2.24, 2.45) is 11.1 Å². The molecule has 2 unspecified atom stereocenters. The van der Waals surface area contributed by atoms with Crippen molar-refractivity contribution in [1.82, 2.24) is 5.32 Å². The second-order valence-corrected chi connectivity index (χ2v) is 5.07. The van der Waals surface area contributed by atoms with E-state index >= 15 is 0 Å². The zero-order valence-corrected chi connectivity index (χ0v) is 9.75. The molecule has 0 saturated heterocycles. The fourth-order valence-electron chi connectivity index (χ4n) is 2.16. The Morgan fingerprint density at radius 2 is 2.40 bits per heavy atom.